The van der Waals surface area contributed by atoms with Crippen molar-refractivity contribution in [3.63, 3.8) is 0 Å². The van der Waals surface area contributed by atoms with Crippen LogP contribution in [0.4, 0.5) is 0 Å². The molecule has 0 aromatic carbocycles. The second-order valence-corrected chi connectivity index (χ2v) is 3.16. The Hall–Kier alpha value is -0.650. The Morgan fingerprint density at radius 3 is 3.07 bits per heavy atom. The number of ether oxygens (including phenoxy) is 2. The molecule has 5 nitrogen and oxygen atoms in total. The smallest absolute Gasteiger partial charge is 0.309 e. The van der Waals surface area contributed by atoms with Crippen molar-refractivity contribution < 1.29 is 19.4 Å². The van der Waals surface area contributed by atoms with E-state index in [1.54, 1.807) is 0 Å². The second kappa shape index (κ2) is 6.75. The summed E-state index contributed by atoms with van der Waals surface area (Å²) in [4.78, 5) is 11.2. The summed E-state index contributed by atoms with van der Waals surface area (Å²) in [6, 6.07) is 0. The standard InChI is InChI=1S/C9H17NO4/c11-6-5-10-4-3-8(12)14-9-2-1-7-13-9/h9-11H,1-7H2. The number of nitrogens with one attached hydrogen (secondary N) is 1. The monoisotopic (exact) mass is 203 g/mol. The summed E-state index contributed by atoms with van der Waals surface area (Å²) in [6.07, 6.45) is 1.75. The largest absolute Gasteiger partial charge is 0.436 e. The van der Waals surface area contributed by atoms with E-state index >= 15 is 0 Å². The lowest BCUT2D eigenvalue weighted by Gasteiger charge is -2.10. The van der Waals surface area contributed by atoms with Gasteiger partial charge in [-0.05, 0) is 6.42 Å². The molecule has 1 saturated heterocycles. The van der Waals surface area contributed by atoms with Gasteiger partial charge in [0, 0.05) is 19.5 Å². The number of aliphatic hydroxyl groups excluding tert-OH is 1. The minimum atomic E-state index is -0.333. The number of hydrogen-bond acceptors (Lipinski definition) is 5. The van der Waals surface area contributed by atoms with Gasteiger partial charge in [0.25, 0.3) is 0 Å². The average molecular weight is 203 g/mol. The molecule has 2 N–H and O–H groups in total. The SMILES string of the molecule is O=C(CCNCCO)OC1CCCO1. The molecule has 14 heavy (non-hydrogen) atoms. The second-order valence-electron chi connectivity index (χ2n) is 3.16. The molecule has 1 aliphatic heterocycles. The molecule has 1 unspecified atom stereocenters. The molecular formula is C9H17NO4. The maximum Gasteiger partial charge on any atom is 0.309 e. The number of esters is 1. The number of hydrogen-bond donors (Lipinski definition) is 2. The fourth-order valence-electron chi connectivity index (χ4n) is 1.24. The summed E-state index contributed by atoms with van der Waals surface area (Å²) in [6.45, 7) is 1.81. The minimum Gasteiger partial charge on any atom is -0.436 e. The Morgan fingerprint density at radius 1 is 1.57 bits per heavy atom. The lowest BCUT2D eigenvalue weighted by atomic mass is 10.3. The van der Waals surface area contributed by atoms with Crippen molar-refractivity contribution in [3.05, 3.63) is 0 Å². The molecule has 0 amide bonds. The van der Waals surface area contributed by atoms with Gasteiger partial charge >= 0.3 is 5.97 Å². The van der Waals surface area contributed by atoms with Crippen molar-refractivity contribution in [2.24, 2.45) is 0 Å². The number of carbonyl (C=O) groups is 1. The summed E-state index contributed by atoms with van der Waals surface area (Å²) in [5.41, 5.74) is 0. The third kappa shape index (κ3) is 4.55. The molecule has 0 radical (unpaired) electrons. The van der Waals surface area contributed by atoms with Gasteiger partial charge in [-0.1, -0.05) is 0 Å². The zero-order chi connectivity index (χ0) is 10.2. The molecule has 0 saturated carbocycles. The summed E-state index contributed by atoms with van der Waals surface area (Å²) < 4.78 is 10.2. The molecule has 1 rings (SSSR count). The van der Waals surface area contributed by atoms with Crippen LogP contribution in [0.3, 0.4) is 0 Å². The summed E-state index contributed by atoms with van der Waals surface area (Å²) in [5, 5.41) is 11.4. The van der Waals surface area contributed by atoms with Crippen molar-refractivity contribution in [2.75, 3.05) is 26.3 Å². The van der Waals surface area contributed by atoms with E-state index < -0.39 is 0 Å². The molecule has 1 atom stereocenters. The van der Waals surface area contributed by atoms with Crippen LogP contribution in [0.25, 0.3) is 0 Å². The highest BCUT2D eigenvalue weighted by atomic mass is 16.7. The summed E-state index contributed by atoms with van der Waals surface area (Å²) >= 11 is 0. The molecular weight excluding hydrogens is 186 g/mol. The first-order valence-corrected chi connectivity index (χ1v) is 4.95. The molecule has 1 fully saturated rings. The van der Waals surface area contributed by atoms with Gasteiger partial charge in [0.15, 0.2) is 0 Å². The van der Waals surface area contributed by atoms with E-state index in [0.717, 1.165) is 12.8 Å². The fraction of sp³-hybridized carbons (Fsp3) is 0.889. The third-order valence-electron chi connectivity index (χ3n) is 1.95. The van der Waals surface area contributed by atoms with Crippen LogP contribution >= 0.6 is 0 Å². The summed E-state index contributed by atoms with van der Waals surface area (Å²) in [5.74, 6) is -0.248. The highest BCUT2D eigenvalue weighted by Gasteiger charge is 2.19. The van der Waals surface area contributed by atoms with Crippen molar-refractivity contribution in [2.45, 2.75) is 25.6 Å². The quantitative estimate of drug-likeness (QED) is 0.456. The van der Waals surface area contributed by atoms with E-state index in [-0.39, 0.29) is 18.9 Å². The fourth-order valence-corrected chi connectivity index (χ4v) is 1.24. The Labute approximate surface area is 83.4 Å². The van der Waals surface area contributed by atoms with Crippen LogP contribution in [-0.4, -0.2) is 43.7 Å². The lowest BCUT2D eigenvalue weighted by molar-refractivity contribution is -0.169. The van der Waals surface area contributed by atoms with Crippen molar-refractivity contribution in [1.29, 1.82) is 0 Å². The van der Waals surface area contributed by atoms with Gasteiger partial charge in [0.2, 0.25) is 6.29 Å². The number of rotatable bonds is 6. The predicted molar refractivity (Wildman–Crippen MR) is 49.6 cm³/mol. The van der Waals surface area contributed by atoms with E-state index in [2.05, 4.69) is 5.32 Å². The van der Waals surface area contributed by atoms with Gasteiger partial charge in [-0.3, -0.25) is 4.79 Å². The first kappa shape index (κ1) is 11.4. The highest BCUT2D eigenvalue weighted by Crippen LogP contribution is 2.13. The highest BCUT2D eigenvalue weighted by molar-refractivity contribution is 5.69. The van der Waals surface area contributed by atoms with E-state index in [9.17, 15) is 4.79 Å². The molecule has 1 aliphatic rings. The third-order valence-corrected chi connectivity index (χ3v) is 1.95. The van der Waals surface area contributed by atoms with Crippen LogP contribution in [-0.2, 0) is 14.3 Å². The topological polar surface area (TPSA) is 67.8 Å². The van der Waals surface area contributed by atoms with Crippen molar-refractivity contribution in [3.8, 4) is 0 Å². The van der Waals surface area contributed by atoms with Crippen LogP contribution < -0.4 is 5.32 Å². The predicted octanol–water partition coefficient (Wildman–Crippen LogP) is -0.362. The maximum absolute atomic E-state index is 11.2. The first-order chi connectivity index (χ1) is 6.83. The first-order valence-electron chi connectivity index (χ1n) is 4.95. The number of aliphatic hydroxyl groups is 1. The molecule has 5 heteroatoms. The molecule has 0 aliphatic carbocycles. The maximum atomic E-state index is 11.2. The Kier molecular flexibility index (Phi) is 5.51. The van der Waals surface area contributed by atoms with Crippen molar-refractivity contribution in [1.82, 2.24) is 5.32 Å². The average Bonchev–Trinajstić information content (AvgIpc) is 2.65. The summed E-state index contributed by atoms with van der Waals surface area (Å²) in [7, 11) is 0. The zero-order valence-corrected chi connectivity index (χ0v) is 8.20. The van der Waals surface area contributed by atoms with Crippen LogP contribution in [0, 0.1) is 0 Å². The Balaban J connectivity index is 1.98. The molecule has 82 valence electrons. The normalized spacial score (nSPS) is 21.1. The van der Waals surface area contributed by atoms with E-state index in [0.29, 0.717) is 26.1 Å². The molecule has 0 spiro atoms. The van der Waals surface area contributed by atoms with E-state index in [1.807, 2.05) is 0 Å². The van der Waals surface area contributed by atoms with Gasteiger partial charge in [-0.15, -0.1) is 0 Å². The molecule has 0 bridgehead atoms. The van der Waals surface area contributed by atoms with Gasteiger partial charge < -0.3 is 19.9 Å². The van der Waals surface area contributed by atoms with Gasteiger partial charge in [0.1, 0.15) is 0 Å². The molecule has 1 heterocycles. The van der Waals surface area contributed by atoms with Gasteiger partial charge in [-0.25, -0.2) is 0 Å². The van der Waals surface area contributed by atoms with Crippen LogP contribution in [0.1, 0.15) is 19.3 Å². The van der Waals surface area contributed by atoms with Gasteiger partial charge in [-0.2, -0.15) is 0 Å². The Morgan fingerprint density at radius 2 is 2.43 bits per heavy atom. The molecule has 0 aromatic heterocycles. The van der Waals surface area contributed by atoms with Crippen LogP contribution in [0.2, 0.25) is 0 Å². The lowest BCUT2D eigenvalue weighted by Crippen LogP contribution is -2.24. The van der Waals surface area contributed by atoms with Crippen molar-refractivity contribution >= 4 is 5.97 Å². The van der Waals surface area contributed by atoms with Crippen LogP contribution in [0.5, 0.6) is 0 Å². The van der Waals surface area contributed by atoms with E-state index in [4.69, 9.17) is 14.6 Å². The van der Waals surface area contributed by atoms with E-state index in [1.165, 1.54) is 0 Å². The minimum absolute atomic E-state index is 0.0841. The van der Waals surface area contributed by atoms with Crippen LogP contribution in [0.15, 0.2) is 0 Å². The van der Waals surface area contributed by atoms with Gasteiger partial charge in [0.05, 0.1) is 19.6 Å². The Bertz CT molecular complexity index is 168. The zero-order valence-electron chi connectivity index (χ0n) is 8.20. The molecule has 0 aromatic rings. The number of carbonyl (C=O) groups excluding carboxylic acids is 1.